The standard InChI is InChI=1S/C16H23BrN2O2/c1-16(2,3)21-15(20)18-14-8-9-19(11-14)10-12-4-6-13(17)7-5-12/h4-7,14H,8-11H2,1-3H3,(H,18,20). The molecule has 1 amide bonds. The minimum absolute atomic E-state index is 0.176. The molecule has 5 heteroatoms. The number of rotatable bonds is 3. The molecule has 1 aliphatic rings. The van der Waals surface area contributed by atoms with Gasteiger partial charge in [0, 0.05) is 30.1 Å². The lowest BCUT2D eigenvalue weighted by atomic mass is 10.2. The maximum absolute atomic E-state index is 11.8. The number of benzene rings is 1. The average Bonchev–Trinajstić information content (AvgIpc) is 2.77. The van der Waals surface area contributed by atoms with Gasteiger partial charge in [0.05, 0.1) is 0 Å². The molecule has 1 atom stereocenters. The molecule has 2 rings (SSSR count). The van der Waals surface area contributed by atoms with Crippen molar-refractivity contribution in [2.24, 2.45) is 0 Å². The van der Waals surface area contributed by atoms with E-state index in [1.54, 1.807) is 0 Å². The van der Waals surface area contributed by atoms with Gasteiger partial charge in [-0.05, 0) is 44.9 Å². The van der Waals surface area contributed by atoms with Gasteiger partial charge in [0.2, 0.25) is 0 Å². The molecular formula is C16H23BrN2O2. The van der Waals surface area contributed by atoms with Crippen molar-refractivity contribution in [2.75, 3.05) is 13.1 Å². The number of alkyl carbamates (subject to hydrolysis) is 1. The summed E-state index contributed by atoms with van der Waals surface area (Å²) in [6, 6.07) is 8.54. The Kier molecular flexibility index (Phi) is 5.27. The number of nitrogens with one attached hydrogen (secondary N) is 1. The number of nitrogens with zero attached hydrogens (tertiary/aromatic N) is 1. The summed E-state index contributed by atoms with van der Waals surface area (Å²) in [4.78, 5) is 14.1. The van der Waals surface area contributed by atoms with Crippen LogP contribution >= 0.6 is 15.9 Å². The lowest BCUT2D eigenvalue weighted by molar-refractivity contribution is 0.0506. The maximum Gasteiger partial charge on any atom is 0.407 e. The van der Waals surface area contributed by atoms with Gasteiger partial charge >= 0.3 is 6.09 Å². The highest BCUT2D eigenvalue weighted by Gasteiger charge is 2.25. The molecule has 1 saturated heterocycles. The van der Waals surface area contributed by atoms with E-state index in [4.69, 9.17) is 4.74 Å². The molecular weight excluding hydrogens is 332 g/mol. The van der Waals surface area contributed by atoms with Crippen molar-refractivity contribution in [3.05, 3.63) is 34.3 Å². The molecule has 0 spiro atoms. The van der Waals surface area contributed by atoms with Crippen molar-refractivity contribution in [2.45, 2.75) is 45.4 Å². The van der Waals surface area contributed by atoms with Gasteiger partial charge in [-0.15, -0.1) is 0 Å². The van der Waals surface area contributed by atoms with Gasteiger partial charge in [-0.1, -0.05) is 28.1 Å². The quantitative estimate of drug-likeness (QED) is 0.902. The molecule has 4 nitrogen and oxygen atoms in total. The van der Waals surface area contributed by atoms with Gasteiger partial charge in [0.1, 0.15) is 5.60 Å². The topological polar surface area (TPSA) is 41.6 Å². The zero-order chi connectivity index (χ0) is 15.5. The maximum atomic E-state index is 11.8. The smallest absolute Gasteiger partial charge is 0.407 e. The molecule has 0 radical (unpaired) electrons. The van der Waals surface area contributed by atoms with Crippen LogP contribution < -0.4 is 5.32 Å². The summed E-state index contributed by atoms with van der Waals surface area (Å²) in [6.45, 7) is 8.41. The second kappa shape index (κ2) is 6.79. The lowest BCUT2D eigenvalue weighted by Crippen LogP contribution is -2.40. The molecule has 1 aromatic rings. The number of hydrogen-bond acceptors (Lipinski definition) is 3. The highest BCUT2D eigenvalue weighted by Crippen LogP contribution is 2.16. The molecule has 0 saturated carbocycles. The summed E-state index contributed by atoms with van der Waals surface area (Å²) in [5.41, 5.74) is 0.843. The number of halogens is 1. The predicted molar refractivity (Wildman–Crippen MR) is 87.2 cm³/mol. The fraction of sp³-hybridized carbons (Fsp3) is 0.562. The molecule has 116 valence electrons. The minimum Gasteiger partial charge on any atom is -0.444 e. The first-order valence-electron chi connectivity index (χ1n) is 7.28. The molecule has 0 aliphatic carbocycles. The first-order chi connectivity index (χ1) is 9.82. The molecule has 0 aromatic heterocycles. The monoisotopic (exact) mass is 354 g/mol. The fourth-order valence-corrected chi connectivity index (χ4v) is 2.68. The van der Waals surface area contributed by atoms with Crippen LogP contribution in [0.15, 0.2) is 28.7 Å². The Labute approximate surface area is 135 Å². The number of likely N-dealkylation sites (tertiary alicyclic amines) is 1. The summed E-state index contributed by atoms with van der Waals surface area (Å²) in [5.74, 6) is 0. The molecule has 1 unspecified atom stereocenters. The van der Waals surface area contributed by atoms with Crippen LogP contribution in [0, 0.1) is 0 Å². The van der Waals surface area contributed by atoms with E-state index >= 15 is 0 Å². The SMILES string of the molecule is CC(C)(C)OC(=O)NC1CCN(Cc2ccc(Br)cc2)C1. The summed E-state index contributed by atoms with van der Waals surface area (Å²) in [7, 11) is 0. The van der Waals surface area contributed by atoms with Crippen LogP contribution in [0.5, 0.6) is 0 Å². The summed E-state index contributed by atoms with van der Waals surface area (Å²) in [6.07, 6.45) is 0.647. The Balaban J connectivity index is 1.78. The highest BCUT2D eigenvalue weighted by molar-refractivity contribution is 9.10. The zero-order valence-corrected chi connectivity index (χ0v) is 14.4. The van der Waals surface area contributed by atoms with Gasteiger partial charge in [0.15, 0.2) is 0 Å². The molecule has 0 bridgehead atoms. The van der Waals surface area contributed by atoms with Gasteiger partial charge in [0.25, 0.3) is 0 Å². The van der Waals surface area contributed by atoms with Crippen LogP contribution in [0.2, 0.25) is 0 Å². The van der Waals surface area contributed by atoms with Crippen molar-refractivity contribution in [1.29, 1.82) is 0 Å². The third kappa shape index (κ3) is 5.67. The molecule has 1 N–H and O–H groups in total. The van der Waals surface area contributed by atoms with Crippen LogP contribution in [0.1, 0.15) is 32.8 Å². The Morgan fingerprint density at radius 3 is 2.67 bits per heavy atom. The van der Waals surface area contributed by atoms with E-state index in [1.807, 2.05) is 20.8 Å². The largest absolute Gasteiger partial charge is 0.444 e. The number of ether oxygens (including phenoxy) is 1. The first-order valence-corrected chi connectivity index (χ1v) is 8.07. The molecule has 1 aromatic carbocycles. The van der Waals surface area contributed by atoms with Gasteiger partial charge in [-0.2, -0.15) is 0 Å². The summed E-state index contributed by atoms with van der Waals surface area (Å²) < 4.78 is 6.39. The van der Waals surface area contributed by atoms with Crippen molar-refractivity contribution in [1.82, 2.24) is 10.2 Å². The van der Waals surface area contributed by atoms with E-state index in [2.05, 4.69) is 50.4 Å². The van der Waals surface area contributed by atoms with Crippen molar-refractivity contribution in [3.63, 3.8) is 0 Å². The van der Waals surface area contributed by atoms with Crippen LogP contribution in [0.4, 0.5) is 4.79 Å². The number of carbonyl (C=O) groups excluding carboxylic acids is 1. The molecule has 1 fully saturated rings. The summed E-state index contributed by atoms with van der Waals surface area (Å²) >= 11 is 3.44. The Morgan fingerprint density at radius 2 is 2.05 bits per heavy atom. The number of carbonyl (C=O) groups is 1. The van der Waals surface area contributed by atoms with E-state index in [0.717, 1.165) is 30.5 Å². The minimum atomic E-state index is -0.445. The van der Waals surface area contributed by atoms with Gasteiger partial charge in [-0.3, -0.25) is 4.90 Å². The van der Waals surface area contributed by atoms with Crippen LogP contribution in [0.25, 0.3) is 0 Å². The van der Waals surface area contributed by atoms with Crippen LogP contribution in [-0.4, -0.2) is 35.7 Å². The third-order valence-electron chi connectivity index (χ3n) is 3.31. The van der Waals surface area contributed by atoms with Crippen LogP contribution in [-0.2, 0) is 11.3 Å². The third-order valence-corrected chi connectivity index (χ3v) is 3.84. The molecule has 21 heavy (non-hydrogen) atoms. The highest BCUT2D eigenvalue weighted by atomic mass is 79.9. The van der Waals surface area contributed by atoms with Gasteiger partial charge in [-0.25, -0.2) is 4.79 Å². The number of amides is 1. The van der Waals surface area contributed by atoms with E-state index in [1.165, 1.54) is 5.56 Å². The van der Waals surface area contributed by atoms with E-state index in [0.29, 0.717) is 0 Å². The number of hydrogen-bond donors (Lipinski definition) is 1. The molecule has 1 aliphatic heterocycles. The van der Waals surface area contributed by atoms with E-state index in [-0.39, 0.29) is 12.1 Å². The Bertz CT molecular complexity index is 482. The predicted octanol–water partition coefficient (Wildman–Crippen LogP) is 3.55. The van der Waals surface area contributed by atoms with Crippen molar-refractivity contribution in [3.8, 4) is 0 Å². The fourth-order valence-electron chi connectivity index (χ4n) is 2.42. The lowest BCUT2D eigenvalue weighted by Gasteiger charge is -2.22. The van der Waals surface area contributed by atoms with Crippen LogP contribution in [0.3, 0.4) is 0 Å². The van der Waals surface area contributed by atoms with E-state index in [9.17, 15) is 4.79 Å². The Morgan fingerprint density at radius 1 is 1.38 bits per heavy atom. The summed E-state index contributed by atoms with van der Waals surface area (Å²) in [5, 5.41) is 2.95. The van der Waals surface area contributed by atoms with Crippen molar-refractivity contribution < 1.29 is 9.53 Å². The van der Waals surface area contributed by atoms with Crippen molar-refractivity contribution >= 4 is 22.0 Å². The first kappa shape index (κ1) is 16.3. The normalized spacial score (nSPS) is 19.5. The zero-order valence-electron chi connectivity index (χ0n) is 12.9. The average molecular weight is 355 g/mol. The second-order valence-corrected chi connectivity index (χ2v) is 7.41. The Hall–Kier alpha value is -1.07. The second-order valence-electron chi connectivity index (χ2n) is 6.49. The molecule has 1 heterocycles. The van der Waals surface area contributed by atoms with E-state index < -0.39 is 5.60 Å². The van der Waals surface area contributed by atoms with Gasteiger partial charge < -0.3 is 10.1 Å².